The summed E-state index contributed by atoms with van der Waals surface area (Å²) in [5.74, 6) is -1.12. The fourth-order valence-electron chi connectivity index (χ4n) is 2.12. The standard InChI is InChI=1S/C13H17NO6/c1-6-9(15)10(16)11(17)12(20-6)14-8-5-3-2-4-7(8)13(18)19/h2-6,9-12,14-17H,1H3,(H,18,19)/t6-,9+,10+,11+,12-/m0/s1. The van der Waals surface area contributed by atoms with Crippen LogP contribution in [0, 0.1) is 0 Å². The van der Waals surface area contributed by atoms with E-state index in [0.29, 0.717) is 0 Å². The molecular formula is C13H17NO6. The highest BCUT2D eigenvalue weighted by atomic mass is 16.5. The van der Waals surface area contributed by atoms with Crippen LogP contribution in [0.4, 0.5) is 5.69 Å². The van der Waals surface area contributed by atoms with Crippen molar-refractivity contribution in [3.8, 4) is 0 Å². The van der Waals surface area contributed by atoms with Crippen LogP contribution in [-0.4, -0.2) is 57.0 Å². The molecule has 1 fully saturated rings. The number of carboxylic acid groups (broad SMARTS) is 1. The first-order valence-corrected chi connectivity index (χ1v) is 6.20. The van der Waals surface area contributed by atoms with E-state index in [0.717, 1.165) is 0 Å². The predicted molar refractivity (Wildman–Crippen MR) is 69.4 cm³/mol. The molecule has 0 unspecified atom stereocenters. The van der Waals surface area contributed by atoms with E-state index in [1.54, 1.807) is 19.1 Å². The van der Waals surface area contributed by atoms with E-state index >= 15 is 0 Å². The molecular weight excluding hydrogens is 266 g/mol. The molecule has 0 aliphatic carbocycles. The van der Waals surface area contributed by atoms with Crippen LogP contribution < -0.4 is 5.32 Å². The average molecular weight is 283 g/mol. The smallest absolute Gasteiger partial charge is 0.337 e. The lowest BCUT2D eigenvalue weighted by molar-refractivity contribution is -0.209. The number of nitrogens with one attached hydrogen (secondary N) is 1. The summed E-state index contributed by atoms with van der Waals surface area (Å²) in [6.07, 6.45) is -5.64. The first kappa shape index (κ1) is 14.7. The summed E-state index contributed by atoms with van der Waals surface area (Å²) in [6.45, 7) is 1.55. The summed E-state index contributed by atoms with van der Waals surface area (Å²) in [5, 5.41) is 41.0. The SMILES string of the molecule is C[C@@H]1O[C@H](Nc2ccccc2C(=O)O)[C@H](O)[C@H](O)[C@@H]1O. The number of aromatic carboxylic acids is 1. The third-order valence-corrected chi connectivity index (χ3v) is 3.31. The summed E-state index contributed by atoms with van der Waals surface area (Å²) in [6, 6.07) is 6.16. The van der Waals surface area contributed by atoms with Crippen molar-refractivity contribution in [2.75, 3.05) is 5.32 Å². The number of ether oxygens (including phenoxy) is 1. The van der Waals surface area contributed by atoms with Crippen LogP contribution >= 0.6 is 0 Å². The van der Waals surface area contributed by atoms with Gasteiger partial charge < -0.3 is 30.5 Å². The largest absolute Gasteiger partial charge is 0.478 e. The highest BCUT2D eigenvalue weighted by Crippen LogP contribution is 2.24. The number of aliphatic hydroxyl groups excluding tert-OH is 3. The molecule has 5 N–H and O–H groups in total. The van der Waals surface area contributed by atoms with Gasteiger partial charge in [0.05, 0.1) is 17.4 Å². The van der Waals surface area contributed by atoms with Crippen molar-refractivity contribution in [2.24, 2.45) is 0 Å². The topological polar surface area (TPSA) is 119 Å². The first-order valence-electron chi connectivity index (χ1n) is 6.20. The fourth-order valence-corrected chi connectivity index (χ4v) is 2.12. The van der Waals surface area contributed by atoms with Crippen molar-refractivity contribution in [3.05, 3.63) is 29.8 Å². The van der Waals surface area contributed by atoms with Gasteiger partial charge in [-0.05, 0) is 19.1 Å². The van der Waals surface area contributed by atoms with Crippen molar-refractivity contribution in [1.82, 2.24) is 0 Å². The molecule has 20 heavy (non-hydrogen) atoms. The number of anilines is 1. The number of rotatable bonds is 3. The van der Waals surface area contributed by atoms with Gasteiger partial charge in [0.2, 0.25) is 0 Å². The van der Waals surface area contributed by atoms with Gasteiger partial charge in [-0.1, -0.05) is 12.1 Å². The zero-order valence-corrected chi connectivity index (χ0v) is 10.8. The second-order valence-corrected chi connectivity index (χ2v) is 4.73. The Morgan fingerprint density at radius 3 is 2.45 bits per heavy atom. The van der Waals surface area contributed by atoms with E-state index in [4.69, 9.17) is 9.84 Å². The summed E-state index contributed by atoms with van der Waals surface area (Å²) in [5.41, 5.74) is 0.288. The van der Waals surface area contributed by atoms with Gasteiger partial charge in [-0.3, -0.25) is 0 Å². The van der Waals surface area contributed by atoms with E-state index < -0.39 is 36.6 Å². The van der Waals surface area contributed by atoms with E-state index in [-0.39, 0.29) is 11.3 Å². The second kappa shape index (κ2) is 5.76. The molecule has 1 saturated heterocycles. The molecule has 110 valence electrons. The summed E-state index contributed by atoms with van der Waals surface area (Å²) < 4.78 is 5.36. The number of hydrogen-bond donors (Lipinski definition) is 5. The summed E-state index contributed by atoms with van der Waals surface area (Å²) in [4.78, 5) is 11.1. The number of hydrogen-bond acceptors (Lipinski definition) is 6. The highest BCUT2D eigenvalue weighted by molar-refractivity contribution is 5.94. The third-order valence-electron chi connectivity index (χ3n) is 3.31. The second-order valence-electron chi connectivity index (χ2n) is 4.73. The Hall–Kier alpha value is -1.67. The lowest BCUT2D eigenvalue weighted by Gasteiger charge is -2.40. The molecule has 1 aliphatic heterocycles. The number of aliphatic hydroxyl groups is 3. The molecule has 1 heterocycles. The summed E-state index contributed by atoms with van der Waals surface area (Å²) in [7, 11) is 0. The van der Waals surface area contributed by atoms with Gasteiger partial charge in [-0.2, -0.15) is 0 Å². The van der Waals surface area contributed by atoms with Gasteiger partial charge in [-0.25, -0.2) is 4.79 Å². The Balaban J connectivity index is 2.20. The minimum Gasteiger partial charge on any atom is -0.478 e. The highest BCUT2D eigenvalue weighted by Gasteiger charge is 2.41. The Bertz CT molecular complexity index is 494. The Labute approximate surface area is 115 Å². The predicted octanol–water partition coefficient (Wildman–Crippen LogP) is -0.376. The molecule has 0 spiro atoms. The zero-order valence-electron chi connectivity index (χ0n) is 10.8. The third kappa shape index (κ3) is 2.75. The van der Waals surface area contributed by atoms with E-state index in [1.165, 1.54) is 12.1 Å². The van der Waals surface area contributed by atoms with Crippen LogP contribution in [0.2, 0.25) is 0 Å². The Kier molecular flexibility index (Phi) is 4.24. The molecule has 0 radical (unpaired) electrons. The molecule has 1 aromatic rings. The maximum Gasteiger partial charge on any atom is 0.337 e. The van der Waals surface area contributed by atoms with E-state index in [9.17, 15) is 20.1 Å². The van der Waals surface area contributed by atoms with Crippen molar-refractivity contribution in [1.29, 1.82) is 0 Å². The maximum absolute atomic E-state index is 11.1. The molecule has 1 aliphatic rings. The van der Waals surface area contributed by atoms with Crippen LogP contribution in [0.5, 0.6) is 0 Å². The van der Waals surface area contributed by atoms with Crippen LogP contribution in [-0.2, 0) is 4.74 Å². The molecule has 2 rings (SSSR count). The minimum absolute atomic E-state index is 0.0246. The number of carboxylic acids is 1. The minimum atomic E-state index is -1.37. The van der Waals surface area contributed by atoms with E-state index in [2.05, 4.69) is 5.32 Å². The van der Waals surface area contributed by atoms with Gasteiger partial charge in [0.1, 0.15) is 18.3 Å². The lowest BCUT2D eigenvalue weighted by atomic mass is 9.99. The monoisotopic (exact) mass is 283 g/mol. The number of para-hydroxylation sites is 1. The lowest BCUT2D eigenvalue weighted by Crippen LogP contribution is -2.58. The molecule has 0 aromatic heterocycles. The summed E-state index contributed by atoms with van der Waals surface area (Å²) >= 11 is 0. The molecule has 0 bridgehead atoms. The van der Waals surface area contributed by atoms with Gasteiger partial charge in [0.25, 0.3) is 0 Å². The quantitative estimate of drug-likeness (QED) is 0.513. The molecule has 5 atom stereocenters. The zero-order chi connectivity index (χ0) is 14.9. The fraction of sp³-hybridized carbons (Fsp3) is 0.462. The average Bonchev–Trinajstić information content (AvgIpc) is 2.43. The van der Waals surface area contributed by atoms with Crippen LogP contribution in [0.1, 0.15) is 17.3 Å². The first-order chi connectivity index (χ1) is 9.41. The Morgan fingerprint density at radius 2 is 1.80 bits per heavy atom. The van der Waals surface area contributed by atoms with Gasteiger partial charge >= 0.3 is 5.97 Å². The van der Waals surface area contributed by atoms with Crippen LogP contribution in [0.25, 0.3) is 0 Å². The number of benzene rings is 1. The maximum atomic E-state index is 11.1. The van der Waals surface area contributed by atoms with Gasteiger partial charge in [0.15, 0.2) is 6.23 Å². The molecule has 7 heteroatoms. The molecule has 7 nitrogen and oxygen atoms in total. The normalized spacial score (nSPS) is 33.7. The Morgan fingerprint density at radius 1 is 1.15 bits per heavy atom. The van der Waals surface area contributed by atoms with Crippen LogP contribution in [0.15, 0.2) is 24.3 Å². The number of carbonyl (C=O) groups is 1. The van der Waals surface area contributed by atoms with Crippen molar-refractivity contribution in [3.63, 3.8) is 0 Å². The van der Waals surface area contributed by atoms with Crippen molar-refractivity contribution >= 4 is 11.7 Å². The molecule has 0 saturated carbocycles. The molecule has 0 amide bonds. The van der Waals surface area contributed by atoms with Gasteiger partial charge in [0, 0.05) is 0 Å². The van der Waals surface area contributed by atoms with Crippen molar-refractivity contribution < 1.29 is 30.0 Å². The van der Waals surface area contributed by atoms with Crippen LogP contribution in [0.3, 0.4) is 0 Å². The molecule has 1 aromatic carbocycles. The van der Waals surface area contributed by atoms with E-state index in [1.807, 2.05) is 0 Å². The van der Waals surface area contributed by atoms with Crippen molar-refractivity contribution in [2.45, 2.75) is 37.6 Å². The van der Waals surface area contributed by atoms with Gasteiger partial charge in [-0.15, -0.1) is 0 Å².